The second-order valence-electron chi connectivity index (χ2n) is 20.5. The summed E-state index contributed by atoms with van der Waals surface area (Å²) in [5.41, 5.74) is 22.6. The zero-order valence-corrected chi connectivity index (χ0v) is 41.1. The van der Waals surface area contributed by atoms with Crippen LogP contribution in [0.2, 0.25) is 0 Å². The number of benzene rings is 8. The Balaban J connectivity index is 1.04. The van der Waals surface area contributed by atoms with E-state index >= 15 is 0 Å². The fourth-order valence-electron chi connectivity index (χ4n) is 14.0. The first-order valence-electron chi connectivity index (χ1n) is 25.6. The van der Waals surface area contributed by atoms with E-state index in [1.54, 1.807) is 0 Å². The molecule has 0 amide bonds. The van der Waals surface area contributed by atoms with Crippen molar-refractivity contribution in [2.24, 2.45) is 11.8 Å². The number of hydrogen-bond acceptors (Lipinski definition) is 2. The molecule has 72 heavy (non-hydrogen) atoms. The van der Waals surface area contributed by atoms with Gasteiger partial charge in [-0.25, -0.2) is 0 Å². The largest absolute Gasteiger partial charge is 0.461 e. The summed E-state index contributed by atoms with van der Waals surface area (Å²) in [5.74, 6) is 2.00. The second kappa shape index (κ2) is 15.8. The summed E-state index contributed by atoms with van der Waals surface area (Å²) in [6, 6.07) is 72.3. The van der Waals surface area contributed by atoms with Crippen molar-refractivity contribution in [3.63, 3.8) is 0 Å². The van der Waals surface area contributed by atoms with Gasteiger partial charge in [-0.3, -0.25) is 0 Å². The predicted molar refractivity (Wildman–Crippen MR) is 299 cm³/mol. The lowest BCUT2D eigenvalue weighted by molar-refractivity contribution is 0.302. The first kappa shape index (κ1) is 42.5. The van der Waals surface area contributed by atoms with E-state index in [-0.39, 0.29) is 23.3 Å². The van der Waals surface area contributed by atoms with Crippen LogP contribution in [0.3, 0.4) is 0 Å². The van der Waals surface area contributed by atoms with Gasteiger partial charge in [-0.15, -0.1) is 0 Å². The smallest absolute Gasteiger partial charge is 0.131 e. The van der Waals surface area contributed by atoms with E-state index in [1.165, 1.54) is 94.7 Å². The van der Waals surface area contributed by atoms with Crippen molar-refractivity contribution in [1.29, 1.82) is 0 Å². The van der Waals surface area contributed by atoms with E-state index in [4.69, 9.17) is 4.74 Å². The molecule has 1 spiro atoms. The SMILES string of the molecule is C=Cc1c(/C=C\C)c2cc(-c3ccc4c(c3)C35C6=C(Oc7ccccc73)C(C)C3=C(C6C)C(C=CC3(C)c3ccccc3)N(c3ccc(-c6ccccc6)cc3)c3ccc-4c5c3)ccc2n1-c1ccccc1. The minimum Gasteiger partial charge on any atom is -0.461 e. The molecular formula is C69H54N2O. The minimum atomic E-state index is -0.637. The van der Waals surface area contributed by atoms with Crippen LogP contribution < -0.4 is 9.64 Å². The van der Waals surface area contributed by atoms with Crippen molar-refractivity contribution < 1.29 is 4.74 Å². The molecule has 5 aliphatic rings. The van der Waals surface area contributed by atoms with E-state index in [2.05, 4.69) is 262 Å². The lowest BCUT2D eigenvalue weighted by Crippen LogP contribution is -2.48. The molecule has 3 heterocycles. The number of para-hydroxylation sites is 2. The van der Waals surface area contributed by atoms with Gasteiger partial charge in [0, 0.05) is 50.8 Å². The molecule has 14 rings (SSSR count). The number of allylic oxidation sites excluding steroid dienone is 4. The summed E-state index contributed by atoms with van der Waals surface area (Å²) >= 11 is 0. The molecule has 4 bridgehead atoms. The molecule has 5 atom stereocenters. The van der Waals surface area contributed by atoms with Gasteiger partial charge in [0.15, 0.2) is 0 Å². The van der Waals surface area contributed by atoms with Gasteiger partial charge in [-0.05, 0) is 147 Å². The monoisotopic (exact) mass is 926 g/mol. The van der Waals surface area contributed by atoms with Crippen molar-refractivity contribution in [1.82, 2.24) is 4.57 Å². The van der Waals surface area contributed by atoms with Crippen molar-refractivity contribution in [3.8, 4) is 44.8 Å². The number of ether oxygens (including phenoxy) is 1. The number of nitrogens with zero attached hydrogens (tertiary/aromatic N) is 2. The topological polar surface area (TPSA) is 17.4 Å². The molecule has 5 unspecified atom stereocenters. The molecule has 2 aliphatic heterocycles. The summed E-state index contributed by atoms with van der Waals surface area (Å²) < 4.78 is 9.82. The fraction of sp³-hybridized carbons (Fsp3) is 0.130. The minimum absolute atomic E-state index is 0.00940. The summed E-state index contributed by atoms with van der Waals surface area (Å²) in [7, 11) is 0. The van der Waals surface area contributed by atoms with Crippen LogP contribution in [0.5, 0.6) is 5.75 Å². The van der Waals surface area contributed by atoms with Gasteiger partial charge in [0.1, 0.15) is 11.5 Å². The Bertz CT molecular complexity index is 3850. The van der Waals surface area contributed by atoms with Gasteiger partial charge >= 0.3 is 0 Å². The predicted octanol–water partition coefficient (Wildman–Crippen LogP) is 17.2. The Morgan fingerprint density at radius 2 is 1.19 bits per heavy atom. The summed E-state index contributed by atoms with van der Waals surface area (Å²) in [5, 5.41) is 1.20. The van der Waals surface area contributed by atoms with E-state index in [0.717, 1.165) is 28.4 Å². The van der Waals surface area contributed by atoms with Crippen LogP contribution >= 0.6 is 0 Å². The van der Waals surface area contributed by atoms with Crippen LogP contribution in [0, 0.1) is 11.8 Å². The third-order valence-corrected chi connectivity index (χ3v) is 16.9. The number of anilines is 2. The Kier molecular flexibility index (Phi) is 9.32. The van der Waals surface area contributed by atoms with Gasteiger partial charge in [-0.1, -0.05) is 178 Å². The number of fused-ring (bicyclic) bond motifs is 5. The molecule has 0 saturated carbocycles. The maximum absolute atomic E-state index is 7.48. The van der Waals surface area contributed by atoms with Crippen molar-refractivity contribution in [3.05, 3.63) is 275 Å². The maximum atomic E-state index is 7.48. The molecule has 0 fully saturated rings. The second-order valence-corrected chi connectivity index (χ2v) is 20.5. The van der Waals surface area contributed by atoms with Gasteiger partial charge in [-0.2, -0.15) is 0 Å². The van der Waals surface area contributed by atoms with Crippen LogP contribution in [0.4, 0.5) is 11.4 Å². The van der Waals surface area contributed by atoms with Crippen LogP contribution in [-0.2, 0) is 10.8 Å². The molecule has 1 aromatic heterocycles. The molecular weight excluding hydrogens is 873 g/mol. The van der Waals surface area contributed by atoms with E-state index < -0.39 is 5.41 Å². The lowest BCUT2D eigenvalue weighted by atomic mass is 9.54. The number of rotatable bonds is 7. The highest BCUT2D eigenvalue weighted by Crippen LogP contribution is 2.68. The summed E-state index contributed by atoms with van der Waals surface area (Å²) in [6.07, 6.45) is 11.4. The van der Waals surface area contributed by atoms with Crippen LogP contribution in [0.1, 0.15) is 61.2 Å². The normalized spacial score (nSPS) is 22.1. The summed E-state index contributed by atoms with van der Waals surface area (Å²) in [4.78, 5) is 2.63. The standard InChI is InChI=1S/C69H54N2O/c1-6-19-55-56-40-47(31-37-61(56)71(60(55)7-2)50-24-15-10-16-25-50)48-30-35-53-54-36-34-52-42-59(54)69(58(53)41-48)57-26-17-18-27-63(57)72-67-44(4)65-64(43(3)66(67)69)62(38-39-68(65,5)49-22-13-9-14-23-49)70(52)51-32-28-46(29-33-51)45-20-11-8-12-21-45/h6-44,62H,2H2,1,3-5H3/b19-6-. The molecule has 0 saturated heterocycles. The Hall–Kier alpha value is -8.40. The Morgan fingerprint density at radius 3 is 1.94 bits per heavy atom. The first-order chi connectivity index (χ1) is 35.3. The van der Waals surface area contributed by atoms with E-state index in [9.17, 15) is 0 Å². The molecule has 0 radical (unpaired) electrons. The zero-order chi connectivity index (χ0) is 48.5. The average Bonchev–Trinajstić information content (AvgIpc) is 3.90. The van der Waals surface area contributed by atoms with E-state index in [1.807, 2.05) is 6.08 Å². The first-order valence-corrected chi connectivity index (χ1v) is 25.6. The molecule has 8 aromatic carbocycles. The highest BCUT2D eigenvalue weighted by atomic mass is 16.5. The third kappa shape index (κ3) is 5.74. The summed E-state index contributed by atoms with van der Waals surface area (Å²) in [6.45, 7) is 13.8. The maximum Gasteiger partial charge on any atom is 0.131 e. The highest BCUT2D eigenvalue weighted by Gasteiger charge is 2.59. The molecule has 346 valence electrons. The third-order valence-electron chi connectivity index (χ3n) is 16.9. The number of aromatic nitrogens is 1. The van der Waals surface area contributed by atoms with Crippen molar-refractivity contribution >= 4 is 34.4 Å². The Morgan fingerprint density at radius 1 is 0.569 bits per heavy atom. The Labute approximate surface area is 422 Å². The molecule has 3 aliphatic carbocycles. The lowest BCUT2D eigenvalue weighted by Gasteiger charge is -2.52. The molecule has 3 heteroatoms. The number of hydrogen-bond donors (Lipinski definition) is 0. The van der Waals surface area contributed by atoms with Crippen molar-refractivity contribution in [2.45, 2.75) is 44.6 Å². The van der Waals surface area contributed by atoms with Crippen LogP contribution in [0.15, 0.2) is 241 Å². The van der Waals surface area contributed by atoms with Crippen molar-refractivity contribution in [2.75, 3.05) is 4.90 Å². The highest BCUT2D eigenvalue weighted by molar-refractivity contribution is 5.99. The molecule has 3 nitrogen and oxygen atoms in total. The fourth-order valence-corrected chi connectivity index (χ4v) is 14.0. The molecule has 0 N–H and O–H groups in total. The molecule has 9 aromatic rings. The van der Waals surface area contributed by atoms with Gasteiger partial charge in [0.25, 0.3) is 0 Å². The zero-order valence-electron chi connectivity index (χ0n) is 41.1. The van der Waals surface area contributed by atoms with Gasteiger partial charge in [0.2, 0.25) is 0 Å². The quantitative estimate of drug-likeness (QED) is 0.148. The van der Waals surface area contributed by atoms with Gasteiger partial charge in [0.05, 0.1) is 22.7 Å². The van der Waals surface area contributed by atoms with E-state index in [0.29, 0.717) is 0 Å². The van der Waals surface area contributed by atoms with Crippen LogP contribution in [-0.4, -0.2) is 10.6 Å². The average molecular weight is 927 g/mol. The van der Waals surface area contributed by atoms with Gasteiger partial charge < -0.3 is 14.2 Å². The van der Waals surface area contributed by atoms with Crippen LogP contribution in [0.25, 0.3) is 62.1 Å².